The molecule has 5 heteroatoms. The van der Waals surface area contributed by atoms with Crippen LogP contribution in [0.4, 0.5) is 0 Å². The Morgan fingerprint density at radius 2 is 1.70 bits per heavy atom. The first-order valence-corrected chi connectivity index (χ1v) is 11.4. The second-order valence-corrected chi connectivity index (χ2v) is 10.3. The molecule has 1 saturated heterocycles. The summed E-state index contributed by atoms with van der Waals surface area (Å²) in [5.74, 6) is 1.79. The second kappa shape index (κ2) is 9.40. The summed E-state index contributed by atoms with van der Waals surface area (Å²) >= 11 is 0. The third-order valence-corrected chi connectivity index (χ3v) is 6.65. The molecule has 3 rings (SSSR count). The molecule has 1 atom stereocenters. The van der Waals surface area contributed by atoms with Crippen LogP contribution in [0.1, 0.15) is 69.7 Å². The van der Waals surface area contributed by atoms with E-state index in [0.29, 0.717) is 11.3 Å². The molecule has 1 aliphatic heterocycles. The second-order valence-electron chi connectivity index (χ2n) is 10.3. The number of hydrogen-bond acceptors (Lipinski definition) is 3. The molecule has 166 valence electrons. The summed E-state index contributed by atoms with van der Waals surface area (Å²) < 4.78 is 6.14. The van der Waals surface area contributed by atoms with Crippen molar-refractivity contribution in [2.24, 2.45) is 17.3 Å². The average molecular weight is 415 g/mol. The zero-order chi connectivity index (χ0) is 21.9. The Morgan fingerprint density at radius 3 is 2.30 bits per heavy atom. The summed E-state index contributed by atoms with van der Waals surface area (Å²) in [7, 11) is 3.64. The molecule has 0 radical (unpaired) electrons. The van der Waals surface area contributed by atoms with Gasteiger partial charge >= 0.3 is 0 Å². The van der Waals surface area contributed by atoms with Gasteiger partial charge in [0.05, 0.1) is 6.10 Å². The van der Waals surface area contributed by atoms with Crippen molar-refractivity contribution in [3.8, 4) is 5.75 Å². The molecule has 1 aromatic carbocycles. The van der Waals surface area contributed by atoms with Gasteiger partial charge in [0.2, 0.25) is 5.91 Å². The summed E-state index contributed by atoms with van der Waals surface area (Å²) in [5.41, 5.74) is 1.03. The highest BCUT2D eigenvalue weighted by Gasteiger charge is 2.30. The Kier molecular flexibility index (Phi) is 7.10. The molecule has 2 aliphatic rings. The van der Waals surface area contributed by atoms with E-state index in [1.165, 1.54) is 0 Å². The van der Waals surface area contributed by atoms with Gasteiger partial charge in [-0.05, 0) is 74.1 Å². The Morgan fingerprint density at radius 1 is 1.07 bits per heavy atom. The van der Waals surface area contributed by atoms with Crippen LogP contribution in [0.5, 0.6) is 5.75 Å². The van der Waals surface area contributed by atoms with Crippen molar-refractivity contribution in [1.82, 2.24) is 9.80 Å². The van der Waals surface area contributed by atoms with Crippen LogP contribution in [-0.4, -0.2) is 54.9 Å². The van der Waals surface area contributed by atoms with Crippen molar-refractivity contribution in [2.45, 2.75) is 65.4 Å². The first kappa shape index (κ1) is 22.6. The quantitative estimate of drug-likeness (QED) is 0.723. The van der Waals surface area contributed by atoms with Crippen molar-refractivity contribution >= 4 is 11.8 Å². The highest BCUT2D eigenvalue weighted by Crippen LogP contribution is 2.33. The zero-order valence-electron chi connectivity index (χ0n) is 19.3. The van der Waals surface area contributed by atoms with E-state index in [9.17, 15) is 9.59 Å². The number of carbonyl (C=O) groups is 2. The summed E-state index contributed by atoms with van der Waals surface area (Å²) in [6, 6.07) is 7.60. The maximum Gasteiger partial charge on any atom is 0.253 e. The molecule has 1 heterocycles. The van der Waals surface area contributed by atoms with Gasteiger partial charge in [0.25, 0.3) is 5.91 Å². The number of nitrogens with zero attached hydrogens (tertiary/aromatic N) is 2. The Hall–Kier alpha value is -2.04. The predicted molar refractivity (Wildman–Crippen MR) is 120 cm³/mol. The smallest absolute Gasteiger partial charge is 0.253 e. The fourth-order valence-electron chi connectivity index (χ4n) is 5.04. The minimum Gasteiger partial charge on any atom is -0.490 e. The van der Waals surface area contributed by atoms with E-state index in [4.69, 9.17) is 4.74 Å². The van der Waals surface area contributed by atoms with Crippen molar-refractivity contribution < 1.29 is 14.3 Å². The standard InChI is InChI=1S/C25H38N2O3/c1-18-16-25(2,3)14-15-27(17-18)24(29)20-8-12-22(13-9-20)30-21-10-6-19(7-11-21)23(28)26(4)5/h8-9,12-13,18-19,21H,6-7,10-11,14-17H2,1-5H3. The van der Waals surface area contributed by atoms with Crippen molar-refractivity contribution in [3.63, 3.8) is 0 Å². The number of ether oxygens (including phenoxy) is 1. The summed E-state index contributed by atoms with van der Waals surface area (Å²) in [6.07, 6.45) is 5.89. The topological polar surface area (TPSA) is 49.9 Å². The monoisotopic (exact) mass is 414 g/mol. The molecule has 1 aliphatic carbocycles. The van der Waals surface area contributed by atoms with Gasteiger partial charge in [-0.1, -0.05) is 20.8 Å². The normalized spacial score (nSPS) is 26.6. The molecule has 0 aromatic heterocycles. The maximum atomic E-state index is 13.0. The van der Waals surface area contributed by atoms with Crippen LogP contribution in [0.3, 0.4) is 0 Å². The highest BCUT2D eigenvalue weighted by molar-refractivity contribution is 5.94. The molecule has 30 heavy (non-hydrogen) atoms. The van der Waals surface area contributed by atoms with Gasteiger partial charge in [0.15, 0.2) is 0 Å². The maximum absolute atomic E-state index is 13.0. The van der Waals surface area contributed by atoms with Crippen LogP contribution < -0.4 is 4.74 Å². The number of amides is 2. The van der Waals surface area contributed by atoms with Crippen LogP contribution in [0.25, 0.3) is 0 Å². The fourth-order valence-corrected chi connectivity index (χ4v) is 5.04. The van der Waals surface area contributed by atoms with Gasteiger partial charge < -0.3 is 14.5 Å². The first-order valence-electron chi connectivity index (χ1n) is 11.4. The van der Waals surface area contributed by atoms with Gasteiger partial charge in [0.1, 0.15) is 5.75 Å². The molecule has 0 spiro atoms. The third-order valence-electron chi connectivity index (χ3n) is 6.65. The minimum atomic E-state index is 0.119. The van der Waals surface area contributed by atoms with E-state index in [-0.39, 0.29) is 23.8 Å². The van der Waals surface area contributed by atoms with E-state index in [1.807, 2.05) is 43.3 Å². The fraction of sp³-hybridized carbons (Fsp3) is 0.680. The van der Waals surface area contributed by atoms with Crippen LogP contribution >= 0.6 is 0 Å². The highest BCUT2D eigenvalue weighted by atomic mass is 16.5. The van der Waals surface area contributed by atoms with Crippen LogP contribution in [0, 0.1) is 17.3 Å². The Labute approximate surface area is 181 Å². The molecule has 2 amide bonds. The minimum absolute atomic E-state index is 0.119. The summed E-state index contributed by atoms with van der Waals surface area (Å²) in [6.45, 7) is 8.49. The SMILES string of the molecule is CC1CN(C(=O)c2ccc(OC3CCC(C(=O)N(C)C)CC3)cc2)CCC(C)(C)C1. The predicted octanol–water partition coefficient (Wildman–Crippen LogP) is 4.61. The molecular weight excluding hydrogens is 376 g/mol. The van der Waals surface area contributed by atoms with Crippen LogP contribution in [-0.2, 0) is 4.79 Å². The van der Waals surface area contributed by atoms with E-state index < -0.39 is 0 Å². The van der Waals surface area contributed by atoms with Gasteiger partial charge in [-0.25, -0.2) is 0 Å². The van der Waals surface area contributed by atoms with E-state index in [0.717, 1.165) is 62.9 Å². The van der Waals surface area contributed by atoms with Crippen molar-refractivity contribution in [2.75, 3.05) is 27.2 Å². The third kappa shape index (κ3) is 5.77. The molecule has 1 saturated carbocycles. The van der Waals surface area contributed by atoms with Gasteiger partial charge in [0, 0.05) is 38.7 Å². The zero-order valence-corrected chi connectivity index (χ0v) is 19.3. The average Bonchev–Trinajstić information content (AvgIpc) is 2.84. The van der Waals surface area contributed by atoms with Crippen molar-refractivity contribution in [1.29, 1.82) is 0 Å². The van der Waals surface area contributed by atoms with E-state index >= 15 is 0 Å². The summed E-state index contributed by atoms with van der Waals surface area (Å²) in [4.78, 5) is 28.8. The van der Waals surface area contributed by atoms with Crippen molar-refractivity contribution in [3.05, 3.63) is 29.8 Å². The van der Waals surface area contributed by atoms with Gasteiger partial charge in [-0.15, -0.1) is 0 Å². The Balaban J connectivity index is 1.54. The largest absolute Gasteiger partial charge is 0.490 e. The van der Waals surface area contributed by atoms with E-state index in [2.05, 4.69) is 20.8 Å². The van der Waals surface area contributed by atoms with Gasteiger partial charge in [-0.2, -0.15) is 0 Å². The lowest BCUT2D eigenvalue weighted by Gasteiger charge is -2.29. The first-order chi connectivity index (χ1) is 14.1. The molecule has 1 unspecified atom stereocenters. The number of likely N-dealkylation sites (tertiary alicyclic amines) is 1. The molecule has 0 bridgehead atoms. The lowest BCUT2D eigenvalue weighted by molar-refractivity contribution is -0.134. The lowest BCUT2D eigenvalue weighted by Crippen LogP contribution is -2.34. The molecule has 5 nitrogen and oxygen atoms in total. The molecule has 1 aromatic rings. The van der Waals surface area contributed by atoms with Gasteiger partial charge in [-0.3, -0.25) is 9.59 Å². The molecular formula is C25H38N2O3. The van der Waals surface area contributed by atoms with E-state index in [1.54, 1.807) is 4.90 Å². The lowest BCUT2D eigenvalue weighted by atomic mass is 9.82. The number of carbonyl (C=O) groups excluding carboxylic acids is 2. The number of rotatable bonds is 4. The molecule has 0 N–H and O–H groups in total. The summed E-state index contributed by atoms with van der Waals surface area (Å²) in [5, 5.41) is 0. The van der Waals surface area contributed by atoms with Crippen LogP contribution in [0.2, 0.25) is 0 Å². The Bertz CT molecular complexity index is 733. The molecule has 2 fully saturated rings. The number of benzene rings is 1. The van der Waals surface area contributed by atoms with Crippen LogP contribution in [0.15, 0.2) is 24.3 Å². The number of hydrogen-bond donors (Lipinski definition) is 0.